The van der Waals surface area contributed by atoms with Crippen LogP contribution in [0.2, 0.25) is 0 Å². The summed E-state index contributed by atoms with van der Waals surface area (Å²) in [5.74, 6) is -3.96. The second-order valence-electron chi connectivity index (χ2n) is 9.95. The molecular weight excluding hydrogens is 518 g/mol. The number of nitrogens with zero attached hydrogens (tertiary/aromatic N) is 2. The van der Waals surface area contributed by atoms with Gasteiger partial charge in [0, 0.05) is 37.7 Å². The molecule has 4 atom stereocenters. The molecule has 2 fully saturated rings. The van der Waals surface area contributed by atoms with E-state index in [1.54, 1.807) is 4.90 Å². The maximum Gasteiger partial charge on any atom is 1.00 e. The maximum absolute atomic E-state index is 13.5. The van der Waals surface area contributed by atoms with Crippen molar-refractivity contribution in [1.82, 2.24) is 10.2 Å². The Morgan fingerprint density at radius 1 is 1.30 bits per heavy atom. The van der Waals surface area contributed by atoms with Crippen LogP contribution in [-0.2, 0) is 14.4 Å². The van der Waals surface area contributed by atoms with Crippen LogP contribution in [-0.4, -0.2) is 73.1 Å². The van der Waals surface area contributed by atoms with E-state index in [2.05, 4.69) is 36.7 Å². The third kappa shape index (κ3) is 9.48. The number of nitrogens with two attached hydrogens (primary N) is 1. The Hall–Kier alpha value is -1.22. The normalized spacial score (nSPS) is 21.7. The number of aliphatic hydroxyl groups excluding tert-OH is 1. The molecule has 0 radical (unpaired) electrons. The number of hydrogen-bond acceptors (Lipinski definition) is 5. The van der Waals surface area contributed by atoms with Gasteiger partial charge in [-0.1, -0.05) is 33.2 Å². The molecule has 0 aliphatic carbocycles. The second-order valence-corrected chi connectivity index (χ2v) is 9.95. The fourth-order valence-corrected chi connectivity index (χ4v) is 4.19. The van der Waals surface area contributed by atoms with E-state index in [9.17, 15) is 32.7 Å². The number of anilines is 1. The zero-order valence-electron chi connectivity index (χ0n) is 22.0. The van der Waals surface area contributed by atoms with Gasteiger partial charge in [-0.2, -0.15) is 7.05 Å². The molecule has 0 aromatic heterocycles. The zero-order valence-corrected chi connectivity index (χ0v) is 25.1. The summed E-state index contributed by atoms with van der Waals surface area (Å²) in [6.45, 7) is 7.90. The van der Waals surface area contributed by atoms with Crippen LogP contribution in [0.3, 0.4) is 0 Å². The van der Waals surface area contributed by atoms with Crippen LogP contribution in [0.1, 0.15) is 33.6 Å². The Balaban J connectivity index is 0.000000381. The number of rotatable bonds is 8. The minimum atomic E-state index is -1.30. The monoisotopic (exact) mass is 553 g/mol. The number of nitrogens with one attached hydrogen (secondary N) is 2. The summed E-state index contributed by atoms with van der Waals surface area (Å²) >= 11 is 0. The van der Waals surface area contributed by atoms with Gasteiger partial charge in [-0.25, -0.2) is 13.2 Å². The van der Waals surface area contributed by atoms with Gasteiger partial charge in [0.1, 0.15) is 17.6 Å². The van der Waals surface area contributed by atoms with Gasteiger partial charge in [-0.3, -0.25) is 14.4 Å². The van der Waals surface area contributed by atoms with Gasteiger partial charge < -0.3 is 31.7 Å². The fraction of sp³-hybridized carbons (Fsp3) is 0.625. The molecule has 1 aromatic rings. The number of aliphatic hydroxyl groups is 1. The second kappa shape index (κ2) is 14.8. The number of primary amides is 1. The van der Waals surface area contributed by atoms with Gasteiger partial charge in [0.05, 0.1) is 6.54 Å². The minimum absolute atomic E-state index is 0. The molecule has 2 aliphatic rings. The SMILES string of the molecule is CC1CN(C(=O)CNc2c(F)cc(F)cc2F)CC1(C)C.C[N-]C(CC1CCNC1=O)C(O)C(N)=O.[K+]. The van der Waals surface area contributed by atoms with Crippen molar-refractivity contribution in [3.63, 3.8) is 0 Å². The van der Waals surface area contributed by atoms with Crippen LogP contribution in [0.15, 0.2) is 12.1 Å². The topological polar surface area (TPSA) is 139 Å². The van der Waals surface area contributed by atoms with Gasteiger partial charge in [0.2, 0.25) is 17.7 Å². The minimum Gasteiger partial charge on any atom is -0.660 e. The third-order valence-corrected chi connectivity index (χ3v) is 6.88. The van der Waals surface area contributed by atoms with Gasteiger partial charge in [0.15, 0.2) is 11.6 Å². The first-order valence-electron chi connectivity index (χ1n) is 11.8. The Kier molecular flexibility index (Phi) is 13.5. The number of amides is 3. The molecule has 0 saturated carbocycles. The average Bonchev–Trinajstić information content (AvgIpc) is 3.32. The van der Waals surface area contributed by atoms with E-state index in [1.807, 2.05) is 0 Å². The third-order valence-electron chi connectivity index (χ3n) is 6.88. The molecule has 0 spiro atoms. The van der Waals surface area contributed by atoms with Crippen molar-refractivity contribution in [3.05, 3.63) is 34.9 Å². The smallest absolute Gasteiger partial charge is 0.660 e. The first kappa shape index (κ1) is 33.8. The maximum atomic E-state index is 13.5. The number of likely N-dealkylation sites (tertiary alicyclic amines) is 1. The van der Waals surface area contributed by atoms with Crippen LogP contribution in [0.5, 0.6) is 0 Å². The number of carbonyl (C=O) groups is 3. The molecule has 2 aliphatic heterocycles. The largest absolute Gasteiger partial charge is 1.00 e. The predicted octanol–water partition coefficient (Wildman–Crippen LogP) is -1.24. The summed E-state index contributed by atoms with van der Waals surface area (Å²) in [7, 11) is 1.50. The van der Waals surface area contributed by atoms with Crippen LogP contribution >= 0.6 is 0 Å². The molecule has 13 heteroatoms. The Morgan fingerprint density at radius 2 is 1.89 bits per heavy atom. The first-order chi connectivity index (χ1) is 16.8. The molecule has 1 aromatic carbocycles. The van der Waals surface area contributed by atoms with Gasteiger partial charge >= 0.3 is 51.4 Å². The van der Waals surface area contributed by atoms with E-state index in [4.69, 9.17) is 5.73 Å². The fourth-order valence-electron chi connectivity index (χ4n) is 4.19. The summed E-state index contributed by atoms with van der Waals surface area (Å²) in [4.78, 5) is 35.8. The molecule has 3 amide bonds. The summed E-state index contributed by atoms with van der Waals surface area (Å²) in [6, 6.07) is 0.574. The van der Waals surface area contributed by atoms with Crippen LogP contribution in [0.4, 0.5) is 18.9 Å². The molecule has 202 valence electrons. The van der Waals surface area contributed by atoms with Crippen molar-refractivity contribution < 1.29 is 84.0 Å². The van der Waals surface area contributed by atoms with Crippen molar-refractivity contribution in [2.24, 2.45) is 23.0 Å². The Bertz CT molecular complexity index is 945. The van der Waals surface area contributed by atoms with E-state index >= 15 is 0 Å². The number of likely N-dealkylation sites (N-methyl/N-ethyl adjacent to an activating group) is 1. The molecule has 4 unspecified atom stereocenters. The first-order valence-corrected chi connectivity index (χ1v) is 11.8. The molecule has 5 N–H and O–H groups in total. The van der Waals surface area contributed by atoms with E-state index in [-0.39, 0.29) is 81.1 Å². The molecule has 9 nitrogen and oxygen atoms in total. The van der Waals surface area contributed by atoms with E-state index < -0.39 is 41.2 Å². The standard InChI is InChI=1S/C15H19F3N2O.C9H16N3O3.K/c1-9-7-20(8-15(9,2)3)13(21)6-19-14-11(17)4-10(16)5-12(14)18;1-11-6(7(13)8(10)14)4-5-2-3-12-9(5)15;/h4-5,9,19H,6-8H2,1-3H3;5-7,13H,2-4H2,1H3,(H2,10,14)(H,12,15);/q;-1;+1. The van der Waals surface area contributed by atoms with Crippen LogP contribution in [0, 0.1) is 34.7 Å². The zero-order chi connectivity index (χ0) is 27.2. The van der Waals surface area contributed by atoms with Gasteiger partial charge in [0.25, 0.3) is 0 Å². The number of halogens is 3. The molecular formula is C24H35F3KN5O4. The predicted molar refractivity (Wildman–Crippen MR) is 128 cm³/mol. The molecule has 0 bridgehead atoms. The molecule has 3 rings (SSSR count). The van der Waals surface area contributed by atoms with E-state index in [1.165, 1.54) is 7.05 Å². The quantitative estimate of drug-likeness (QED) is 0.298. The number of carbonyl (C=O) groups excluding carboxylic acids is 3. The summed E-state index contributed by atoms with van der Waals surface area (Å²) in [5, 5.41) is 18.4. The van der Waals surface area contributed by atoms with Crippen molar-refractivity contribution in [3.8, 4) is 0 Å². The molecule has 2 saturated heterocycles. The van der Waals surface area contributed by atoms with Crippen molar-refractivity contribution in [1.29, 1.82) is 0 Å². The summed E-state index contributed by atoms with van der Waals surface area (Å²) in [5.41, 5.74) is 4.53. The van der Waals surface area contributed by atoms with E-state index in [0.717, 1.165) is 6.42 Å². The number of benzene rings is 1. The average molecular weight is 554 g/mol. The van der Waals surface area contributed by atoms with Crippen molar-refractivity contribution >= 4 is 23.4 Å². The Labute approximate surface area is 257 Å². The van der Waals surface area contributed by atoms with Gasteiger partial charge in [-0.15, -0.1) is 0 Å². The Morgan fingerprint density at radius 3 is 2.32 bits per heavy atom. The number of hydrogen-bond donors (Lipinski definition) is 4. The summed E-state index contributed by atoms with van der Waals surface area (Å²) in [6.07, 6.45) is -0.216. The van der Waals surface area contributed by atoms with Crippen LogP contribution < -0.4 is 67.8 Å². The summed E-state index contributed by atoms with van der Waals surface area (Å²) < 4.78 is 39.7. The molecule has 37 heavy (non-hydrogen) atoms. The molecule has 2 heterocycles. The van der Waals surface area contributed by atoms with Gasteiger partial charge in [-0.05, 0) is 17.8 Å². The van der Waals surface area contributed by atoms with E-state index in [0.29, 0.717) is 44.1 Å². The van der Waals surface area contributed by atoms with Crippen LogP contribution in [0.25, 0.3) is 5.32 Å². The van der Waals surface area contributed by atoms with Crippen molar-refractivity contribution in [2.75, 3.05) is 38.5 Å². The van der Waals surface area contributed by atoms with Crippen molar-refractivity contribution in [2.45, 2.75) is 45.8 Å².